The van der Waals surface area contributed by atoms with E-state index in [-0.39, 0.29) is 0 Å². The molecule has 4 nitrogen and oxygen atoms in total. The molecule has 1 fully saturated rings. The van der Waals surface area contributed by atoms with Crippen LogP contribution in [0.3, 0.4) is 0 Å². The smallest absolute Gasteiger partial charge is 0.252 e. The maximum absolute atomic E-state index is 12.6. The summed E-state index contributed by atoms with van der Waals surface area (Å²) in [4.78, 5) is 0. The molecule has 0 radical (unpaired) electrons. The zero-order valence-electron chi connectivity index (χ0n) is 13.0. The van der Waals surface area contributed by atoms with Crippen LogP contribution < -0.4 is 5.32 Å². The maximum atomic E-state index is 12.6. The fraction of sp³-hybridized carbons (Fsp3) is 0.733. The standard InChI is InChI=1S/C15H26N2O2S2/c1-3-7-16-11-14-10-15(20-12-14)21(18,19)17-8-5-13(4-2)6-9-17/h10,12-13,16H,3-9,11H2,1-2H3. The number of hydrogen-bond donors (Lipinski definition) is 1. The topological polar surface area (TPSA) is 49.4 Å². The fourth-order valence-electron chi connectivity index (χ4n) is 2.68. The molecule has 120 valence electrons. The maximum Gasteiger partial charge on any atom is 0.252 e. The Labute approximate surface area is 132 Å². The van der Waals surface area contributed by atoms with E-state index < -0.39 is 10.0 Å². The molecule has 6 heteroatoms. The summed E-state index contributed by atoms with van der Waals surface area (Å²) in [5.41, 5.74) is 1.07. The van der Waals surface area contributed by atoms with Crippen molar-refractivity contribution in [2.45, 2.75) is 50.3 Å². The third-order valence-corrected chi connectivity index (χ3v) is 7.49. The minimum absolute atomic E-state index is 0.491. The van der Waals surface area contributed by atoms with Crippen molar-refractivity contribution in [2.75, 3.05) is 19.6 Å². The highest BCUT2D eigenvalue weighted by molar-refractivity contribution is 7.91. The van der Waals surface area contributed by atoms with Crippen molar-refractivity contribution in [1.82, 2.24) is 9.62 Å². The first-order chi connectivity index (χ1) is 10.1. The number of hydrogen-bond acceptors (Lipinski definition) is 4. The van der Waals surface area contributed by atoms with Gasteiger partial charge in [-0.15, -0.1) is 11.3 Å². The van der Waals surface area contributed by atoms with Crippen molar-refractivity contribution in [3.05, 3.63) is 17.0 Å². The molecule has 2 heterocycles. The van der Waals surface area contributed by atoms with Crippen LogP contribution in [0.2, 0.25) is 0 Å². The first-order valence-corrected chi connectivity index (χ1v) is 10.2. The average Bonchev–Trinajstić information content (AvgIpc) is 2.97. The summed E-state index contributed by atoms with van der Waals surface area (Å²) in [6, 6.07) is 1.83. The molecule has 0 aromatic carbocycles. The molecule has 1 aromatic heterocycles. The van der Waals surface area contributed by atoms with Crippen LogP contribution in [-0.2, 0) is 16.6 Å². The van der Waals surface area contributed by atoms with Gasteiger partial charge in [0.15, 0.2) is 0 Å². The second-order valence-electron chi connectivity index (χ2n) is 5.71. The number of thiophene rings is 1. The van der Waals surface area contributed by atoms with Crippen LogP contribution in [0.25, 0.3) is 0 Å². The minimum atomic E-state index is -3.28. The monoisotopic (exact) mass is 330 g/mol. The quantitative estimate of drug-likeness (QED) is 0.782. The molecular formula is C15H26N2O2S2. The van der Waals surface area contributed by atoms with Crippen molar-refractivity contribution in [1.29, 1.82) is 0 Å². The highest BCUT2D eigenvalue weighted by Crippen LogP contribution is 2.28. The lowest BCUT2D eigenvalue weighted by atomic mass is 9.96. The van der Waals surface area contributed by atoms with Gasteiger partial charge in [-0.05, 0) is 48.7 Å². The summed E-state index contributed by atoms with van der Waals surface area (Å²) < 4.78 is 27.4. The largest absolute Gasteiger partial charge is 0.313 e. The fourth-order valence-corrected chi connectivity index (χ4v) is 5.51. The van der Waals surface area contributed by atoms with Gasteiger partial charge in [-0.25, -0.2) is 8.42 Å². The first kappa shape index (κ1) is 16.9. The third kappa shape index (κ3) is 4.28. The second kappa shape index (κ2) is 7.72. The summed E-state index contributed by atoms with van der Waals surface area (Å²) >= 11 is 1.35. The number of nitrogens with one attached hydrogen (secondary N) is 1. The van der Waals surface area contributed by atoms with E-state index >= 15 is 0 Å². The summed E-state index contributed by atoms with van der Waals surface area (Å²) in [6.07, 6.45) is 4.22. The molecule has 0 aliphatic carbocycles. The van der Waals surface area contributed by atoms with Crippen LogP contribution in [-0.4, -0.2) is 32.4 Å². The molecule has 0 bridgehead atoms. The van der Waals surface area contributed by atoms with Gasteiger partial charge in [0, 0.05) is 19.6 Å². The lowest BCUT2D eigenvalue weighted by Gasteiger charge is -2.30. The highest BCUT2D eigenvalue weighted by Gasteiger charge is 2.29. The zero-order valence-corrected chi connectivity index (χ0v) is 14.6. The molecule has 0 saturated carbocycles. The molecule has 1 aromatic rings. The van der Waals surface area contributed by atoms with Crippen LogP contribution in [0.4, 0.5) is 0 Å². The van der Waals surface area contributed by atoms with Gasteiger partial charge < -0.3 is 5.32 Å². The van der Waals surface area contributed by atoms with E-state index in [1.807, 2.05) is 11.4 Å². The van der Waals surface area contributed by atoms with Crippen LogP contribution in [0.1, 0.15) is 45.1 Å². The van der Waals surface area contributed by atoms with Crippen molar-refractivity contribution in [2.24, 2.45) is 5.92 Å². The molecule has 2 rings (SSSR count). The van der Waals surface area contributed by atoms with Crippen molar-refractivity contribution in [3.63, 3.8) is 0 Å². The Kier molecular flexibility index (Phi) is 6.22. The summed E-state index contributed by atoms with van der Waals surface area (Å²) in [7, 11) is -3.28. The van der Waals surface area contributed by atoms with Crippen molar-refractivity contribution >= 4 is 21.4 Å². The van der Waals surface area contributed by atoms with E-state index in [2.05, 4.69) is 19.2 Å². The van der Waals surface area contributed by atoms with E-state index in [1.165, 1.54) is 11.3 Å². The predicted molar refractivity (Wildman–Crippen MR) is 88.1 cm³/mol. The van der Waals surface area contributed by atoms with Gasteiger partial charge in [0.05, 0.1) is 0 Å². The van der Waals surface area contributed by atoms with Gasteiger partial charge in [0.25, 0.3) is 10.0 Å². The average molecular weight is 331 g/mol. The van der Waals surface area contributed by atoms with Crippen LogP contribution in [0, 0.1) is 5.92 Å². The summed E-state index contributed by atoms with van der Waals surface area (Å²) in [6.45, 7) is 7.35. The van der Waals surface area contributed by atoms with E-state index in [9.17, 15) is 8.42 Å². The predicted octanol–water partition coefficient (Wildman–Crippen LogP) is 3.06. The van der Waals surface area contributed by atoms with Gasteiger partial charge in [-0.1, -0.05) is 20.3 Å². The van der Waals surface area contributed by atoms with E-state index in [0.717, 1.165) is 44.3 Å². The number of nitrogens with zero attached hydrogens (tertiary/aromatic N) is 1. The Morgan fingerprint density at radius 2 is 2.05 bits per heavy atom. The molecule has 1 N–H and O–H groups in total. The Bertz CT molecular complexity index is 532. The molecule has 0 unspecified atom stereocenters. The van der Waals surface area contributed by atoms with Crippen LogP contribution >= 0.6 is 11.3 Å². The van der Waals surface area contributed by atoms with Crippen LogP contribution in [0.15, 0.2) is 15.7 Å². The number of sulfonamides is 1. The molecule has 0 atom stereocenters. The Hall–Kier alpha value is -0.430. The van der Waals surface area contributed by atoms with Gasteiger partial charge in [0.1, 0.15) is 4.21 Å². The highest BCUT2D eigenvalue weighted by atomic mass is 32.2. The van der Waals surface area contributed by atoms with Gasteiger partial charge in [0.2, 0.25) is 0 Å². The summed E-state index contributed by atoms with van der Waals surface area (Å²) in [5, 5.41) is 5.26. The van der Waals surface area contributed by atoms with Crippen molar-refractivity contribution in [3.8, 4) is 0 Å². The number of rotatable bonds is 7. The molecular weight excluding hydrogens is 304 g/mol. The summed E-state index contributed by atoms with van der Waals surface area (Å²) in [5.74, 6) is 0.689. The van der Waals surface area contributed by atoms with Gasteiger partial charge >= 0.3 is 0 Å². The normalized spacial score (nSPS) is 18.2. The molecule has 0 amide bonds. The first-order valence-electron chi connectivity index (χ1n) is 7.86. The molecule has 1 saturated heterocycles. The SMILES string of the molecule is CCCNCc1csc(S(=O)(=O)N2CCC(CC)CC2)c1. The third-order valence-electron chi connectivity index (χ3n) is 4.13. The number of piperidine rings is 1. The van der Waals surface area contributed by atoms with Crippen LogP contribution in [0.5, 0.6) is 0 Å². The van der Waals surface area contributed by atoms with E-state index in [1.54, 1.807) is 4.31 Å². The van der Waals surface area contributed by atoms with E-state index in [0.29, 0.717) is 23.2 Å². The molecule has 1 aliphatic rings. The lowest BCUT2D eigenvalue weighted by Crippen LogP contribution is -2.38. The van der Waals surface area contributed by atoms with Crippen molar-refractivity contribution < 1.29 is 8.42 Å². The Morgan fingerprint density at radius 3 is 2.67 bits per heavy atom. The minimum Gasteiger partial charge on any atom is -0.313 e. The Balaban J connectivity index is 1.99. The molecule has 1 aliphatic heterocycles. The molecule has 0 spiro atoms. The zero-order chi connectivity index (χ0) is 15.3. The second-order valence-corrected chi connectivity index (χ2v) is 8.78. The van der Waals surface area contributed by atoms with Gasteiger partial charge in [-0.2, -0.15) is 4.31 Å². The lowest BCUT2D eigenvalue weighted by molar-refractivity contribution is 0.269. The van der Waals surface area contributed by atoms with E-state index in [4.69, 9.17) is 0 Å². The molecule has 21 heavy (non-hydrogen) atoms. The Morgan fingerprint density at radius 1 is 1.33 bits per heavy atom. The van der Waals surface area contributed by atoms with Gasteiger partial charge in [-0.3, -0.25) is 0 Å².